The van der Waals surface area contributed by atoms with Crippen LogP contribution in [0.5, 0.6) is 11.5 Å². The zero-order valence-electron chi connectivity index (χ0n) is 10.7. The van der Waals surface area contributed by atoms with Crippen molar-refractivity contribution in [2.24, 2.45) is 0 Å². The lowest BCUT2D eigenvalue weighted by Crippen LogP contribution is -1.99. The first kappa shape index (κ1) is 12.2. The van der Waals surface area contributed by atoms with Gasteiger partial charge in [-0.05, 0) is 12.1 Å². The second-order valence-corrected chi connectivity index (χ2v) is 4.20. The lowest BCUT2D eigenvalue weighted by atomic mass is 10.2. The van der Waals surface area contributed by atoms with Gasteiger partial charge < -0.3 is 14.8 Å². The third kappa shape index (κ3) is 2.47. The molecule has 1 aliphatic rings. The highest BCUT2D eigenvalue weighted by molar-refractivity contribution is 5.64. The molecule has 1 aromatic carbocycles. The molecule has 0 saturated carbocycles. The molecule has 0 amide bonds. The molecule has 0 radical (unpaired) electrons. The number of anilines is 2. The summed E-state index contributed by atoms with van der Waals surface area (Å²) in [6.45, 7) is 1.29. The summed E-state index contributed by atoms with van der Waals surface area (Å²) in [5.41, 5.74) is 1.02. The molecule has 0 atom stereocenters. The number of aromatic nitrogens is 2. The fourth-order valence-corrected chi connectivity index (χ4v) is 1.89. The van der Waals surface area contributed by atoms with Crippen LogP contribution < -0.4 is 14.8 Å². The number of fused-ring (bicyclic) bond motifs is 1. The average molecular weight is 268 g/mol. The molecule has 100 valence electrons. The van der Waals surface area contributed by atoms with Crippen molar-refractivity contribution in [2.75, 3.05) is 18.5 Å². The summed E-state index contributed by atoms with van der Waals surface area (Å²) in [5, 5.41) is 12.1. The third-order valence-corrected chi connectivity index (χ3v) is 2.81. The number of hydrogen-bond donors (Lipinski definition) is 1. The van der Waals surface area contributed by atoms with Crippen molar-refractivity contribution in [1.29, 1.82) is 5.26 Å². The highest BCUT2D eigenvalue weighted by atomic mass is 16.5. The van der Waals surface area contributed by atoms with E-state index in [9.17, 15) is 0 Å². The minimum Gasteiger partial charge on any atom is -0.490 e. The number of benzene rings is 1. The predicted octanol–water partition coefficient (Wildman–Crippen LogP) is 2.25. The maximum Gasteiger partial charge on any atom is 0.183 e. The Morgan fingerprint density at radius 2 is 1.90 bits per heavy atom. The quantitative estimate of drug-likeness (QED) is 0.899. The van der Waals surface area contributed by atoms with E-state index in [1.54, 1.807) is 0 Å². The van der Waals surface area contributed by atoms with Gasteiger partial charge in [0.15, 0.2) is 23.0 Å². The van der Waals surface area contributed by atoms with Crippen molar-refractivity contribution >= 4 is 11.5 Å². The number of nitriles is 1. The van der Waals surface area contributed by atoms with Gasteiger partial charge in [0.25, 0.3) is 0 Å². The number of nitrogens with one attached hydrogen (secondary N) is 1. The molecule has 20 heavy (non-hydrogen) atoms. The Hall–Kier alpha value is -2.81. The summed E-state index contributed by atoms with van der Waals surface area (Å²) in [4.78, 5) is 8.06. The summed E-state index contributed by atoms with van der Waals surface area (Å²) in [6, 6.07) is 7.52. The van der Waals surface area contributed by atoms with E-state index < -0.39 is 0 Å². The Kier molecular flexibility index (Phi) is 3.33. The smallest absolute Gasteiger partial charge is 0.183 e. The summed E-state index contributed by atoms with van der Waals surface area (Å²) in [7, 11) is 0. The van der Waals surface area contributed by atoms with E-state index in [1.807, 2.05) is 24.3 Å². The molecule has 0 aliphatic carbocycles. The van der Waals surface area contributed by atoms with Crippen LogP contribution in [-0.2, 0) is 0 Å². The van der Waals surface area contributed by atoms with Gasteiger partial charge >= 0.3 is 0 Å². The van der Waals surface area contributed by atoms with Crippen molar-refractivity contribution in [3.63, 3.8) is 0 Å². The molecule has 1 N–H and O–H groups in total. The zero-order chi connectivity index (χ0) is 13.8. The largest absolute Gasteiger partial charge is 0.490 e. The molecule has 6 heteroatoms. The maximum atomic E-state index is 8.99. The predicted molar refractivity (Wildman–Crippen MR) is 72.1 cm³/mol. The van der Waals surface area contributed by atoms with E-state index >= 15 is 0 Å². The van der Waals surface area contributed by atoms with E-state index in [1.165, 1.54) is 12.4 Å². The standard InChI is InChI=1S/C14H12N4O2/c15-9-11-14(17-5-4-16-11)18-10-2-3-12-13(8-10)20-7-1-6-19-12/h2-5,8H,1,6-7H2,(H,17,18). The monoisotopic (exact) mass is 268 g/mol. The van der Waals surface area contributed by atoms with Gasteiger partial charge in [-0.3, -0.25) is 0 Å². The Balaban J connectivity index is 1.88. The normalized spacial score (nSPS) is 13.2. The minimum atomic E-state index is 0.250. The van der Waals surface area contributed by atoms with Gasteiger partial charge in [0.1, 0.15) is 6.07 Å². The molecule has 3 rings (SSSR count). The van der Waals surface area contributed by atoms with Gasteiger partial charge in [0.05, 0.1) is 13.2 Å². The van der Waals surface area contributed by atoms with Crippen LogP contribution in [0.15, 0.2) is 30.6 Å². The van der Waals surface area contributed by atoms with Gasteiger partial charge in [-0.1, -0.05) is 0 Å². The van der Waals surface area contributed by atoms with Crippen LogP contribution in [0.4, 0.5) is 11.5 Å². The maximum absolute atomic E-state index is 8.99. The average Bonchev–Trinajstić information content (AvgIpc) is 2.72. The molecule has 6 nitrogen and oxygen atoms in total. The van der Waals surface area contributed by atoms with Crippen LogP contribution in [0.25, 0.3) is 0 Å². The molecule has 0 spiro atoms. The Morgan fingerprint density at radius 1 is 1.10 bits per heavy atom. The SMILES string of the molecule is N#Cc1nccnc1Nc1ccc2c(c1)OCCCO2. The number of nitrogens with zero attached hydrogens (tertiary/aromatic N) is 3. The summed E-state index contributed by atoms with van der Waals surface area (Å²) < 4.78 is 11.2. The molecule has 0 saturated heterocycles. The summed E-state index contributed by atoms with van der Waals surface area (Å²) in [5.74, 6) is 1.84. The van der Waals surface area contributed by atoms with Gasteiger partial charge in [-0.2, -0.15) is 5.26 Å². The van der Waals surface area contributed by atoms with Gasteiger partial charge in [0, 0.05) is 30.6 Å². The minimum absolute atomic E-state index is 0.250. The van der Waals surface area contributed by atoms with Crippen molar-refractivity contribution in [3.8, 4) is 17.6 Å². The first-order chi connectivity index (χ1) is 9.86. The Labute approximate surface area is 116 Å². The van der Waals surface area contributed by atoms with Crippen LogP contribution in [-0.4, -0.2) is 23.2 Å². The third-order valence-electron chi connectivity index (χ3n) is 2.81. The summed E-state index contributed by atoms with van der Waals surface area (Å²) >= 11 is 0. The second kappa shape index (κ2) is 5.45. The molecule has 2 heterocycles. The van der Waals surface area contributed by atoms with E-state index in [4.69, 9.17) is 14.7 Å². The fraction of sp³-hybridized carbons (Fsp3) is 0.214. The molecule has 0 unspecified atom stereocenters. The molecule has 0 bridgehead atoms. The lowest BCUT2D eigenvalue weighted by molar-refractivity contribution is 0.297. The van der Waals surface area contributed by atoms with Crippen molar-refractivity contribution in [3.05, 3.63) is 36.3 Å². The van der Waals surface area contributed by atoms with Gasteiger partial charge in [-0.15, -0.1) is 0 Å². The number of ether oxygens (including phenoxy) is 2. The highest BCUT2D eigenvalue weighted by Crippen LogP contribution is 2.33. The van der Waals surface area contributed by atoms with Crippen molar-refractivity contribution in [2.45, 2.75) is 6.42 Å². The number of rotatable bonds is 2. The molecular weight excluding hydrogens is 256 g/mol. The van der Waals surface area contributed by atoms with E-state index in [0.29, 0.717) is 24.8 Å². The fourth-order valence-electron chi connectivity index (χ4n) is 1.89. The van der Waals surface area contributed by atoms with Gasteiger partial charge in [-0.25, -0.2) is 9.97 Å². The first-order valence-electron chi connectivity index (χ1n) is 6.24. The van der Waals surface area contributed by atoms with Crippen molar-refractivity contribution < 1.29 is 9.47 Å². The highest BCUT2D eigenvalue weighted by Gasteiger charge is 2.12. The van der Waals surface area contributed by atoms with Crippen molar-refractivity contribution in [1.82, 2.24) is 9.97 Å². The summed E-state index contributed by atoms with van der Waals surface area (Å²) in [6.07, 6.45) is 3.88. The molecule has 1 aromatic heterocycles. The molecule has 2 aromatic rings. The zero-order valence-corrected chi connectivity index (χ0v) is 10.7. The Morgan fingerprint density at radius 3 is 2.75 bits per heavy atom. The van der Waals surface area contributed by atoms with Crippen LogP contribution in [0, 0.1) is 11.3 Å². The van der Waals surface area contributed by atoms with Crippen LogP contribution in [0.1, 0.15) is 12.1 Å². The van der Waals surface area contributed by atoms with Crippen LogP contribution >= 0.6 is 0 Å². The van der Waals surface area contributed by atoms with E-state index in [2.05, 4.69) is 15.3 Å². The van der Waals surface area contributed by atoms with Crippen LogP contribution in [0.3, 0.4) is 0 Å². The number of hydrogen-bond acceptors (Lipinski definition) is 6. The molecular formula is C14H12N4O2. The van der Waals surface area contributed by atoms with E-state index in [-0.39, 0.29) is 5.69 Å². The lowest BCUT2D eigenvalue weighted by Gasteiger charge is -2.10. The second-order valence-electron chi connectivity index (χ2n) is 4.20. The topological polar surface area (TPSA) is 80.1 Å². The van der Waals surface area contributed by atoms with Gasteiger partial charge in [0.2, 0.25) is 0 Å². The Bertz CT molecular complexity index is 666. The van der Waals surface area contributed by atoms with E-state index in [0.717, 1.165) is 17.9 Å². The first-order valence-corrected chi connectivity index (χ1v) is 6.24. The van der Waals surface area contributed by atoms with Crippen LogP contribution in [0.2, 0.25) is 0 Å². The molecule has 1 aliphatic heterocycles. The molecule has 0 fully saturated rings.